The van der Waals surface area contributed by atoms with E-state index in [4.69, 9.17) is 0 Å². The fourth-order valence-corrected chi connectivity index (χ4v) is 3.69. The zero-order valence-electron chi connectivity index (χ0n) is 13.4. The molecule has 0 spiro atoms. The predicted molar refractivity (Wildman–Crippen MR) is 94.1 cm³/mol. The monoisotopic (exact) mass is 347 g/mol. The molecule has 1 aromatic heterocycles. The van der Waals surface area contributed by atoms with Crippen LogP contribution >= 0.6 is 11.3 Å². The highest BCUT2D eigenvalue weighted by molar-refractivity contribution is 7.09. The topological polar surface area (TPSA) is 69.8 Å². The van der Waals surface area contributed by atoms with Gasteiger partial charge < -0.3 is 5.11 Å². The largest absolute Gasteiger partial charge is 0.387 e. The van der Waals surface area contributed by atoms with Gasteiger partial charge in [0.2, 0.25) is 0 Å². The number of hydrogen-bond acceptors (Lipinski definition) is 6. The number of non-ortho nitro benzene ring substituents is 1. The summed E-state index contributed by atoms with van der Waals surface area (Å²) in [6.07, 6.45) is -0.700. The minimum atomic E-state index is -0.700. The SMILES string of the molecule is O=[N+]([O-])c1cccc([C@@H](O)CN2CCN(Cc3cccs3)CC2)c1. The van der Waals surface area contributed by atoms with E-state index in [9.17, 15) is 15.2 Å². The van der Waals surface area contributed by atoms with E-state index in [1.807, 2.05) is 0 Å². The average Bonchev–Trinajstić information content (AvgIpc) is 3.10. The van der Waals surface area contributed by atoms with Gasteiger partial charge in [0, 0.05) is 56.3 Å². The molecule has 0 aliphatic carbocycles. The Balaban J connectivity index is 1.50. The molecule has 1 fully saturated rings. The second kappa shape index (κ2) is 7.85. The van der Waals surface area contributed by atoms with Gasteiger partial charge in [-0.2, -0.15) is 0 Å². The van der Waals surface area contributed by atoms with Crippen molar-refractivity contribution in [2.24, 2.45) is 0 Å². The highest BCUT2D eigenvalue weighted by Gasteiger charge is 2.21. The molecule has 0 saturated carbocycles. The molecule has 3 rings (SSSR count). The first-order valence-electron chi connectivity index (χ1n) is 8.01. The van der Waals surface area contributed by atoms with Crippen LogP contribution in [0.3, 0.4) is 0 Å². The van der Waals surface area contributed by atoms with Crippen LogP contribution in [0.15, 0.2) is 41.8 Å². The molecule has 1 N–H and O–H groups in total. The van der Waals surface area contributed by atoms with Gasteiger partial charge in [-0.3, -0.25) is 19.9 Å². The molecule has 0 amide bonds. The number of benzene rings is 1. The summed E-state index contributed by atoms with van der Waals surface area (Å²) in [5.41, 5.74) is 0.623. The fourth-order valence-electron chi connectivity index (χ4n) is 2.95. The quantitative estimate of drug-likeness (QED) is 0.642. The Hall–Kier alpha value is -1.80. The van der Waals surface area contributed by atoms with E-state index < -0.39 is 11.0 Å². The van der Waals surface area contributed by atoms with Gasteiger partial charge in [0.15, 0.2) is 0 Å². The number of hydrogen-bond donors (Lipinski definition) is 1. The molecule has 1 atom stereocenters. The van der Waals surface area contributed by atoms with Crippen molar-refractivity contribution in [2.45, 2.75) is 12.6 Å². The maximum atomic E-state index is 10.8. The fraction of sp³-hybridized carbons (Fsp3) is 0.412. The molecule has 128 valence electrons. The van der Waals surface area contributed by atoms with Crippen LogP contribution < -0.4 is 0 Å². The van der Waals surface area contributed by atoms with Crippen LogP contribution in [0.1, 0.15) is 16.5 Å². The Kier molecular flexibility index (Phi) is 5.57. The molecule has 2 aromatic rings. The summed E-state index contributed by atoms with van der Waals surface area (Å²) in [5, 5.41) is 23.3. The molecular weight excluding hydrogens is 326 g/mol. The number of β-amino-alcohol motifs (C(OH)–C–C–N with tert-alkyl or cyclic N) is 1. The normalized spacial score (nSPS) is 17.7. The predicted octanol–water partition coefficient (Wildman–Crippen LogP) is 2.51. The zero-order valence-corrected chi connectivity index (χ0v) is 14.2. The Bertz CT molecular complexity index is 669. The highest BCUT2D eigenvalue weighted by atomic mass is 32.1. The first-order valence-corrected chi connectivity index (χ1v) is 8.89. The Labute approximate surface area is 145 Å². The van der Waals surface area contributed by atoms with Gasteiger partial charge >= 0.3 is 0 Å². The van der Waals surface area contributed by atoms with E-state index in [1.54, 1.807) is 23.5 Å². The summed E-state index contributed by atoms with van der Waals surface area (Å²) in [6.45, 7) is 5.24. The van der Waals surface area contributed by atoms with Crippen LogP contribution in [0.4, 0.5) is 5.69 Å². The van der Waals surface area contributed by atoms with Crippen LogP contribution in [0.2, 0.25) is 0 Å². The van der Waals surface area contributed by atoms with Crippen molar-refractivity contribution in [3.63, 3.8) is 0 Å². The van der Waals surface area contributed by atoms with Crippen molar-refractivity contribution in [3.05, 3.63) is 62.3 Å². The van der Waals surface area contributed by atoms with Crippen LogP contribution in [0.25, 0.3) is 0 Å². The third-order valence-corrected chi connectivity index (χ3v) is 5.18. The lowest BCUT2D eigenvalue weighted by atomic mass is 10.1. The number of piperazine rings is 1. The van der Waals surface area contributed by atoms with Crippen molar-refractivity contribution in [1.82, 2.24) is 9.80 Å². The lowest BCUT2D eigenvalue weighted by Gasteiger charge is -2.35. The van der Waals surface area contributed by atoms with Gasteiger partial charge in [-0.1, -0.05) is 18.2 Å². The van der Waals surface area contributed by atoms with E-state index in [0.29, 0.717) is 12.1 Å². The van der Waals surface area contributed by atoms with E-state index in [2.05, 4.69) is 27.3 Å². The Morgan fingerprint density at radius 3 is 2.58 bits per heavy atom. The zero-order chi connectivity index (χ0) is 16.9. The van der Waals surface area contributed by atoms with Gasteiger partial charge in [0.1, 0.15) is 0 Å². The number of nitrogens with zero attached hydrogens (tertiary/aromatic N) is 3. The Morgan fingerprint density at radius 2 is 1.92 bits per heavy atom. The van der Waals surface area contributed by atoms with Crippen molar-refractivity contribution in [2.75, 3.05) is 32.7 Å². The summed E-state index contributed by atoms with van der Waals surface area (Å²) in [4.78, 5) is 16.4. The van der Waals surface area contributed by atoms with E-state index in [0.717, 1.165) is 32.7 Å². The molecule has 1 aromatic carbocycles. The number of nitro groups is 1. The van der Waals surface area contributed by atoms with Gasteiger partial charge in [-0.15, -0.1) is 11.3 Å². The molecule has 1 aliphatic heterocycles. The molecule has 1 aliphatic rings. The highest BCUT2D eigenvalue weighted by Crippen LogP contribution is 2.21. The summed E-state index contributed by atoms with van der Waals surface area (Å²) in [6, 6.07) is 10.5. The lowest BCUT2D eigenvalue weighted by molar-refractivity contribution is -0.385. The maximum Gasteiger partial charge on any atom is 0.269 e. The van der Waals surface area contributed by atoms with Crippen molar-refractivity contribution in [3.8, 4) is 0 Å². The third kappa shape index (κ3) is 4.39. The summed E-state index contributed by atoms with van der Waals surface area (Å²) < 4.78 is 0. The number of thiophene rings is 1. The third-order valence-electron chi connectivity index (χ3n) is 4.32. The van der Waals surface area contributed by atoms with E-state index in [1.165, 1.54) is 17.0 Å². The first kappa shape index (κ1) is 17.0. The van der Waals surface area contributed by atoms with Crippen molar-refractivity contribution < 1.29 is 10.0 Å². The van der Waals surface area contributed by atoms with Gasteiger partial charge in [0.25, 0.3) is 5.69 Å². The van der Waals surface area contributed by atoms with Crippen LogP contribution in [0, 0.1) is 10.1 Å². The first-order chi connectivity index (χ1) is 11.6. The molecule has 24 heavy (non-hydrogen) atoms. The number of nitro benzene ring substituents is 1. The minimum Gasteiger partial charge on any atom is -0.387 e. The van der Waals surface area contributed by atoms with Gasteiger partial charge in [-0.25, -0.2) is 0 Å². The smallest absolute Gasteiger partial charge is 0.269 e. The van der Waals surface area contributed by atoms with E-state index >= 15 is 0 Å². The Morgan fingerprint density at radius 1 is 1.17 bits per heavy atom. The second-order valence-corrected chi connectivity index (χ2v) is 7.06. The van der Waals surface area contributed by atoms with Gasteiger partial charge in [0.05, 0.1) is 11.0 Å². The summed E-state index contributed by atoms with van der Waals surface area (Å²) >= 11 is 1.78. The molecular formula is C17H21N3O3S. The summed E-state index contributed by atoms with van der Waals surface area (Å²) in [5.74, 6) is 0. The van der Waals surface area contributed by atoms with Crippen LogP contribution in [0.5, 0.6) is 0 Å². The average molecular weight is 347 g/mol. The molecule has 7 heteroatoms. The number of rotatable bonds is 6. The molecule has 0 bridgehead atoms. The maximum absolute atomic E-state index is 10.8. The molecule has 1 saturated heterocycles. The molecule has 0 unspecified atom stereocenters. The van der Waals surface area contributed by atoms with E-state index in [-0.39, 0.29) is 5.69 Å². The molecule has 6 nitrogen and oxygen atoms in total. The van der Waals surface area contributed by atoms with Crippen molar-refractivity contribution in [1.29, 1.82) is 0 Å². The summed E-state index contributed by atoms with van der Waals surface area (Å²) in [7, 11) is 0. The number of aliphatic hydroxyl groups is 1. The standard InChI is InChI=1S/C17H21N3O3S/c21-17(14-3-1-4-15(11-14)20(22)23)13-19-8-6-18(7-9-19)12-16-5-2-10-24-16/h1-5,10-11,17,21H,6-9,12-13H2/t17-/m0/s1. The van der Waals surface area contributed by atoms with Crippen LogP contribution in [-0.2, 0) is 6.54 Å². The van der Waals surface area contributed by atoms with Crippen molar-refractivity contribution >= 4 is 17.0 Å². The minimum absolute atomic E-state index is 0.0207. The van der Waals surface area contributed by atoms with Crippen LogP contribution in [-0.4, -0.2) is 52.6 Å². The molecule has 0 radical (unpaired) electrons. The number of aliphatic hydroxyl groups excluding tert-OH is 1. The lowest BCUT2D eigenvalue weighted by Crippen LogP contribution is -2.46. The second-order valence-electron chi connectivity index (χ2n) is 6.02. The van der Waals surface area contributed by atoms with Gasteiger partial charge in [-0.05, 0) is 17.0 Å². The molecule has 2 heterocycles.